The first-order valence-corrected chi connectivity index (χ1v) is 33.8. The minimum absolute atomic E-state index is 0.555. The molecule has 4 aromatic rings. The molecule has 0 nitrogen and oxygen atoms in total. The molecule has 0 bridgehead atoms. The molecule has 0 N–H and O–H groups in total. The summed E-state index contributed by atoms with van der Waals surface area (Å²) in [5, 5.41) is 3.91. The molecule has 4 aromatic carbocycles. The van der Waals surface area contributed by atoms with Crippen LogP contribution in [0.5, 0.6) is 0 Å². The van der Waals surface area contributed by atoms with E-state index in [-0.39, 0.29) is 0 Å². The predicted octanol–water partition coefficient (Wildman–Crippen LogP) is 15.0. The van der Waals surface area contributed by atoms with E-state index >= 15 is 0 Å². The fourth-order valence-electron chi connectivity index (χ4n) is 10.2. The van der Waals surface area contributed by atoms with Crippen LogP contribution in [0.4, 0.5) is 0 Å². The van der Waals surface area contributed by atoms with Gasteiger partial charge in [-0.25, -0.2) is 0 Å². The van der Waals surface area contributed by atoms with Crippen molar-refractivity contribution in [3.63, 3.8) is 0 Å². The van der Waals surface area contributed by atoms with E-state index in [1.807, 2.05) is 10.4 Å². The summed E-state index contributed by atoms with van der Waals surface area (Å²) in [5.74, 6) is 1.11. The zero-order chi connectivity index (χ0) is 35.2. The van der Waals surface area contributed by atoms with Gasteiger partial charge in [0, 0.05) is 0 Å². The van der Waals surface area contributed by atoms with Crippen molar-refractivity contribution in [3.8, 4) is 22.3 Å². The van der Waals surface area contributed by atoms with E-state index in [4.69, 9.17) is 0 Å². The summed E-state index contributed by atoms with van der Waals surface area (Å²) in [6, 6.07) is 36.7. The van der Waals surface area contributed by atoms with Crippen LogP contribution in [0.3, 0.4) is 0 Å². The summed E-state index contributed by atoms with van der Waals surface area (Å²) in [6.45, 7) is 14.0. The molecule has 2 aliphatic carbocycles. The summed E-state index contributed by atoms with van der Waals surface area (Å²) >= 11 is -3.14. The zero-order valence-electron chi connectivity index (χ0n) is 32.2. The molecule has 1 fully saturated rings. The molecule has 1 saturated heterocycles. The van der Waals surface area contributed by atoms with E-state index in [1.54, 1.807) is 22.3 Å². The van der Waals surface area contributed by atoms with Crippen LogP contribution < -0.4 is 0 Å². The fraction of sp³-hybridized carbons (Fsp3) is 0.417. The first-order chi connectivity index (χ1) is 24.1. The molecule has 2 atom stereocenters. The van der Waals surface area contributed by atoms with Gasteiger partial charge in [0.15, 0.2) is 0 Å². The van der Waals surface area contributed by atoms with Gasteiger partial charge >= 0.3 is 312 Å². The summed E-state index contributed by atoms with van der Waals surface area (Å²) < 4.78 is 7.06. The van der Waals surface area contributed by atoms with Gasteiger partial charge in [-0.3, -0.25) is 0 Å². The SMILES string of the molecule is CCCCC[Si]1(CCCCC)C2=Cc3c(-c4ccc(C(C)C)cc4)cccc3[CH]2[Hf]([CH3])([CH3])[CH]2C1=Cc1c(-c3ccc(C(C)C)cc3)cccc12. The third-order valence-electron chi connectivity index (χ3n) is 12.9. The van der Waals surface area contributed by atoms with Crippen LogP contribution in [-0.4, -0.2) is 8.07 Å². The molecule has 1 aliphatic heterocycles. The Hall–Kier alpha value is -2.55. The molecule has 2 unspecified atom stereocenters. The molecular formula is C48H60HfSi. The van der Waals surface area contributed by atoms with Crippen LogP contribution in [0.15, 0.2) is 95.3 Å². The number of rotatable bonds is 12. The van der Waals surface area contributed by atoms with Gasteiger partial charge in [0.1, 0.15) is 0 Å². The number of benzene rings is 4. The predicted molar refractivity (Wildman–Crippen MR) is 220 cm³/mol. The molecule has 0 radical (unpaired) electrons. The molecular weight excluding hydrogens is 783 g/mol. The normalized spacial score (nSPS) is 19.6. The Kier molecular flexibility index (Phi) is 10.4. The van der Waals surface area contributed by atoms with Gasteiger partial charge in [0.2, 0.25) is 0 Å². The summed E-state index contributed by atoms with van der Waals surface area (Å²) in [4.78, 5) is 0. The van der Waals surface area contributed by atoms with E-state index in [2.05, 4.69) is 148 Å². The van der Waals surface area contributed by atoms with E-state index in [9.17, 15) is 0 Å². The topological polar surface area (TPSA) is 0 Å². The molecule has 0 amide bonds. The van der Waals surface area contributed by atoms with E-state index in [1.165, 1.54) is 84.0 Å². The molecule has 7 rings (SSSR count). The second-order valence-corrected chi connectivity index (χ2v) is 38.6. The molecule has 50 heavy (non-hydrogen) atoms. The van der Waals surface area contributed by atoms with Gasteiger partial charge in [-0.2, -0.15) is 0 Å². The van der Waals surface area contributed by atoms with Crippen LogP contribution in [0.1, 0.15) is 133 Å². The molecule has 0 saturated carbocycles. The van der Waals surface area contributed by atoms with Gasteiger partial charge in [0.25, 0.3) is 0 Å². The fourth-order valence-corrected chi connectivity index (χ4v) is 43.1. The van der Waals surface area contributed by atoms with E-state index in [0.717, 1.165) is 0 Å². The van der Waals surface area contributed by atoms with Crippen LogP contribution in [-0.2, 0) is 20.0 Å². The Labute approximate surface area is 309 Å². The Morgan fingerprint density at radius 3 is 1.30 bits per heavy atom. The summed E-state index contributed by atoms with van der Waals surface area (Å²) in [5.41, 5.74) is 15.1. The molecule has 2 heteroatoms. The summed E-state index contributed by atoms with van der Waals surface area (Å²) in [6.07, 6.45) is 13.7. The van der Waals surface area contributed by atoms with Gasteiger partial charge in [-0.1, -0.05) is 0 Å². The zero-order valence-corrected chi connectivity index (χ0v) is 36.8. The van der Waals surface area contributed by atoms with Gasteiger partial charge in [-0.05, 0) is 0 Å². The minimum atomic E-state index is -3.14. The Bertz CT molecular complexity index is 1760. The number of hydrogen-bond acceptors (Lipinski definition) is 0. The molecule has 3 aliphatic rings. The number of unbranched alkanes of at least 4 members (excludes halogenated alkanes) is 4. The summed E-state index contributed by atoms with van der Waals surface area (Å²) in [7, 11) is -2.02. The molecule has 1 heterocycles. The van der Waals surface area contributed by atoms with Crippen LogP contribution in [0, 0.1) is 0 Å². The van der Waals surface area contributed by atoms with E-state index in [0.29, 0.717) is 19.2 Å². The van der Waals surface area contributed by atoms with Crippen molar-refractivity contribution in [3.05, 3.63) is 129 Å². The monoisotopic (exact) mass is 844 g/mol. The first kappa shape index (κ1) is 35.8. The number of hydrogen-bond donors (Lipinski definition) is 0. The van der Waals surface area contributed by atoms with Crippen LogP contribution >= 0.6 is 0 Å². The van der Waals surface area contributed by atoms with Gasteiger partial charge < -0.3 is 0 Å². The van der Waals surface area contributed by atoms with Crippen molar-refractivity contribution in [1.29, 1.82) is 0 Å². The van der Waals surface area contributed by atoms with Crippen molar-refractivity contribution in [2.45, 2.75) is 121 Å². The number of allylic oxidation sites excluding steroid dienone is 2. The van der Waals surface area contributed by atoms with Crippen molar-refractivity contribution >= 4 is 20.2 Å². The van der Waals surface area contributed by atoms with Gasteiger partial charge in [0.05, 0.1) is 0 Å². The third-order valence-corrected chi connectivity index (χ3v) is 35.6. The van der Waals surface area contributed by atoms with Crippen LogP contribution in [0.25, 0.3) is 34.4 Å². The molecule has 0 aromatic heterocycles. The van der Waals surface area contributed by atoms with Crippen molar-refractivity contribution < 1.29 is 20.0 Å². The Morgan fingerprint density at radius 2 is 0.940 bits per heavy atom. The third kappa shape index (κ3) is 6.09. The standard InChI is InChI=1S/C46H54Si.2CH3.Hf/c1-7-9-11-27-47(28-12-10-8-2,41-29-39-15-13-17-43(45(39)31-41)37-23-19-35(20-24-37)33(3)4)42-30-40-16-14-18-44(46(40)32-42)38-25-21-36(22-26-38)34(5)6;;;/h13-26,29-34H,7-12,27-28H2,1-6H3;2*1H3;. The Morgan fingerprint density at radius 1 is 0.540 bits per heavy atom. The van der Waals surface area contributed by atoms with Gasteiger partial charge in [-0.15, -0.1) is 0 Å². The average Bonchev–Trinajstić information content (AvgIpc) is 3.72. The molecule has 260 valence electrons. The van der Waals surface area contributed by atoms with E-state index < -0.39 is 28.0 Å². The maximum atomic E-state index is 2.85. The second kappa shape index (κ2) is 14.5. The van der Waals surface area contributed by atoms with Crippen molar-refractivity contribution in [2.75, 3.05) is 0 Å². The van der Waals surface area contributed by atoms with Crippen LogP contribution in [0.2, 0.25) is 21.4 Å². The quantitative estimate of drug-likeness (QED) is 0.0985. The Balaban J connectivity index is 1.44. The maximum absolute atomic E-state index is 3.14. The average molecular weight is 844 g/mol. The van der Waals surface area contributed by atoms with Crippen molar-refractivity contribution in [1.82, 2.24) is 0 Å². The molecule has 0 spiro atoms. The second-order valence-electron chi connectivity index (χ2n) is 17.1. The van der Waals surface area contributed by atoms with Crippen molar-refractivity contribution in [2.24, 2.45) is 0 Å². The number of fused-ring (bicyclic) bond motifs is 6. The first-order valence-electron chi connectivity index (χ1n) is 20.0.